The number of halogens is 3. The van der Waals surface area contributed by atoms with Crippen molar-refractivity contribution in [3.05, 3.63) is 113 Å². The number of ketones is 1. The number of carbonyl (C=O) groups excluding carboxylic acids is 1. The summed E-state index contributed by atoms with van der Waals surface area (Å²) in [4.78, 5) is 32.9. The van der Waals surface area contributed by atoms with Gasteiger partial charge in [0.2, 0.25) is 5.88 Å². The highest BCUT2D eigenvalue weighted by atomic mass is 19.1. The van der Waals surface area contributed by atoms with Gasteiger partial charge in [0, 0.05) is 35.1 Å². The molecular weight excluding hydrogens is 595 g/mol. The Balaban J connectivity index is 1.09. The van der Waals surface area contributed by atoms with E-state index < -0.39 is 23.3 Å². The summed E-state index contributed by atoms with van der Waals surface area (Å²) in [5.41, 5.74) is 1.62. The average molecular weight is 626 g/mol. The Morgan fingerprint density at radius 1 is 0.913 bits per heavy atom. The SMILES string of the molecule is O=C(O)c1ccc2nc(Cc3ccc(-c4cccc(OCc5ccc(C(=O)C6CC6)cc5F)n4)cc3F)n(CC3(F)CCC3)c2c1. The van der Waals surface area contributed by atoms with Crippen LogP contribution in [0.4, 0.5) is 13.2 Å². The van der Waals surface area contributed by atoms with Crippen LogP contribution in [0.25, 0.3) is 22.3 Å². The number of fused-ring (bicyclic) bond motifs is 1. The van der Waals surface area contributed by atoms with Gasteiger partial charge in [0.05, 0.1) is 28.8 Å². The lowest BCUT2D eigenvalue weighted by Crippen LogP contribution is -2.37. The molecule has 0 saturated heterocycles. The molecule has 0 radical (unpaired) electrons. The molecule has 0 atom stereocenters. The molecule has 2 aromatic heterocycles. The maximum atomic E-state index is 15.5. The topological polar surface area (TPSA) is 94.3 Å². The number of benzene rings is 3. The Hall–Kier alpha value is -4.99. The Kier molecular flexibility index (Phi) is 7.58. The Morgan fingerprint density at radius 3 is 2.37 bits per heavy atom. The van der Waals surface area contributed by atoms with Crippen LogP contribution in [0.15, 0.2) is 72.8 Å². The summed E-state index contributed by atoms with van der Waals surface area (Å²) < 4.78 is 52.9. The van der Waals surface area contributed by atoms with Crippen molar-refractivity contribution in [1.29, 1.82) is 0 Å². The van der Waals surface area contributed by atoms with E-state index in [1.807, 2.05) is 0 Å². The number of aromatic carboxylic acids is 1. The molecular formula is C36H30F3N3O4. The number of ether oxygens (including phenoxy) is 1. The van der Waals surface area contributed by atoms with Crippen LogP contribution in [0.3, 0.4) is 0 Å². The molecule has 2 heterocycles. The fraction of sp³-hybridized carbons (Fsp3) is 0.278. The lowest BCUT2D eigenvalue weighted by Gasteiger charge is -2.34. The van der Waals surface area contributed by atoms with Gasteiger partial charge in [0.15, 0.2) is 5.78 Å². The summed E-state index contributed by atoms with van der Waals surface area (Å²) in [6.07, 6.45) is 3.37. The van der Waals surface area contributed by atoms with E-state index in [-0.39, 0.29) is 48.3 Å². The van der Waals surface area contributed by atoms with Gasteiger partial charge in [-0.1, -0.05) is 30.3 Å². The molecule has 0 aliphatic heterocycles. The first-order valence-electron chi connectivity index (χ1n) is 15.3. The third-order valence-corrected chi connectivity index (χ3v) is 8.85. The summed E-state index contributed by atoms with van der Waals surface area (Å²) >= 11 is 0. The molecule has 10 heteroatoms. The average Bonchev–Trinajstić information content (AvgIpc) is 3.83. The normalized spacial score (nSPS) is 15.5. The molecule has 0 unspecified atom stereocenters. The van der Waals surface area contributed by atoms with Gasteiger partial charge in [-0.05, 0) is 74.1 Å². The Morgan fingerprint density at radius 2 is 1.67 bits per heavy atom. The number of pyridine rings is 1. The quantitative estimate of drug-likeness (QED) is 0.151. The lowest BCUT2D eigenvalue weighted by molar-refractivity contribution is 0.0446. The second-order valence-electron chi connectivity index (χ2n) is 12.2. The fourth-order valence-corrected chi connectivity index (χ4v) is 5.85. The molecule has 2 aliphatic rings. The van der Waals surface area contributed by atoms with Gasteiger partial charge in [-0.2, -0.15) is 0 Å². The minimum Gasteiger partial charge on any atom is -0.478 e. The third kappa shape index (κ3) is 5.99. The predicted octanol–water partition coefficient (Wildman–Crippen LogP) is 7.73. The van der Waals surface area contributed by atoms with E-state index in [2.05, 4.69) is 9.97 Å². The highest BCUT2D eigenvalue weighted by Crippen LogP contribution is 2.39. The van der Waals surface area contributed by atoms with Crippen molar-refractivity contribution in [2.45, 2.75) is 57.3 Å². The summed E-state index contributed by atoms with van der Waals surface area (Å²) in [5, 5.41) is 9.48. The van der Waals surface area contributed by atoms with Crippen molar-refractivity contribution >= 4 is 22.8 Å². The largest absolute Gasteiger partial charge is 0.478 e. The summed E-state index contributed by atoms with van der Waals surface area (Å²) in [5.74, 6) is -1.48. The summed E-state index contributed by atoms with van der Waals surface area (Å²) in [6.45, 7) is -0.0758. The van der Waals surface area contributed by atoms with Crippen LogP contribution in [-0.2, 0) is 19.6 Å². The third-order valence-electron chi connectivity index (χ3n) is 8.85. The molecule has 1 N–H and O–H groups in total. The van der Waals surface area contributed by atoms with Crippen LogP contribution in [0.1, 0.15) is 69.8 Å². The van der Waals surface area contributed by atoms with E-state index in [4.69, 9.17) is 4.74 Å². The lowest BCUT2D eigenvalue weighted by atomic mass is 9.82. The van der Waals surface area contributed by atoms with Gasteiger partial charge in [0.1, 0.15) is 29.7 Å². The molecule has 2 aliphatic carbocycles. The van der Waals surface area contributed by atoms with Crippen LogP contribution < -0.4 is 4.74 Å². The number of hydrogen-bond acceptors (Lipinski definition) is 5. The van der Waals surface area contributed by atoms with Crippen molar-refractivity contribution in [3.63, 3.8) is 0 Å². The molecule has 7 rings (SSSR count). The number of alkyl halides is 1. The van der Waals surface area contributed by atoms with Gasteiger partial charge >= 0.3 is 5.97 Å². The van der Waals surface area contributed by atoms with Crippen molar-refractivity contribution in [3.8, 4) is 17.1 Å². The van der Waals surface area contributed by atoms with Crippen molar-refractivity contribution < 1.29 is 32.6 Å². The first kappa shape index (κ1) is 29.7. The Labute approximate surface area is 262 Å². The van der Waals surface area contributed by atoms with Crippen LogP contribution in [-0.4, -0.2) is 37.1 Å². The fourth-order valence-electron chi connectivity index (χ4n) is 5.85. The van der Waals surface area contributed by atoms with Crippen LogP contribution in [0.5, 0.6) is 5.88 Å². The molecule has 7 nitrogen and oxygen atoms in total. The molecule has 3 aromatic carbocycles. The molecule has 234 valence electrons. The second kappa shape index (κ2) is 11.7. The van der Waals surface area contributed by atoms with Gasteiger partial charge in [-0.25, -0.2) is 27.9 Å². The van der Waals surface area contributed by atoms with Crippen molar-refractivity contribution in [2.75, 3.05) is 0 Å². The van der Waals surface area contributed by atoms with Crippen LogP contribution in [0, 0.1) is 17.6 Å². The standard InChI is InChI=1S/C36H30F3N3O4/c37-27-15-23(29-3-1-4-33(41-29)46-19-26-10-9-24(16-28(26)38)34(43)21-5-6-21)8-7-22(27)18-32-40-30-12-11-25(35(44)45)17-31(30)42(32)20-36(39)13-2-14-36/h1,3-4,7-12,15-17,21H,2,5-6,13-14,18-20H2,(H,44,45). The van der Waals surface area contributed by atoms with E-state index in [0.29, 0.717) is 52.1 Å². The maximum Gasteiger partial charge on any atom is 0.335 e. The van der Waals surface area contributed by atoms with E-state index in [1.165, 1.54) is 24.3 Å². The number of rotatable bonds is 11. The van der Waals surface area contributed by atoms with Gasteiger partial charge in [-0.15, -0.1) is 0 Å². The minimum absolute atomic E-state index is 0.00506. The molecule has 46 heavy (non-hydrogen) atoms. The number of imidazole rings is 1. The second-order valence-corrected chi connectivity index (χ2v) is 12.2. The molecule has 5 aromatic rings. The number of carboxylic acids is 1. The monoisotopic (exact) mass is 625 g/mol. The first-order valence-corrected chi connectivity index (χ1v) is 15.3. The van der Waals surface area contributed by atoms with Crippen LogP contribution in [0.2, 0.25) is 0 Å². The van der Waals surface area contributed by atoms with Crippen molar-refractivity contribution in [2.24, 2.45) is 5.92 Å². The van der Waals surface area contributed by atoms with Crippen LogP contribution >= 0.6 is 0 Å². The van der Waals surface area contributed by atoms with E-state index in [1.54, 1.807) is 53.1 Å². The number of Topliss-reactive ketones (excluding diaryl/α,β-unsaturated/α-hetero) is 1. The number of carbonyl (C=O) groups is 2. The zero-order valence-corrected chi connectivity index (χ0v) is 24.8. The van der Waals surface area contributed by atoms with Gasteiger partial charge in [-0.3, -0.25) is 4.79 Å². The zero-order valence-electron chi connectivity index (χ0n) is 24.8. The molecule has 0 spiro atoms. The number of carboxylic acid groups (broad SMARTS) is 1. The smallest absolute Gasteiger partial charge is 0.335 e. The molecule has 0 amide bonds. The predicted molar refractivity (Wildman–Crippen MR) is 165 cm³/mol. The molecule has 0 bridgehead atoms. The van der Waals surface area contributed by atoms with E-state index >= 15 is 8.78 Å². The van der Waals surface area contributed by atoms with Gasteiger partial charge in [0.25, 0.3) is 0 Å². The van der Waals surface area contributed by atoms with E-state index in [0.717, 1.165) is 19.3 Å². The highest BCUT2D eigenvalue weighted by molar-refractivity contribution is 5.99. The zero-order chi connectivity index (χ0) is 32.0. The first-order chi connectivity index (χ1) is 22.2. The maximum absolute atomic E-state index is 15.5. The van der Waals surface area contributed by atoms with E-state index in [9.17, 15) is 19.1 Å². The number of nitrogens with zero attached hydrogens (tertiary/aromatic N) is 3. The van der Waals surface area contributed by atoms with Gasteiger partial charge < -0.3 is 14.4 Å². The molecule has 2 saturated carbocycles. The summed E-state index contributed by atoms with van der Waals surface area (Å²) in [6, 6.07) is 18.7. The van der Waals surface area contributed by atoms with Crippen molar-refractivity contribution in [1.82, 2.24) is 14.5 Å². The number of hydrogen-bond donors (Lipinski definition) is 1. The minimum atomic E-state index is -1.41. The Bertz CT molecular complexity index is 2000. The number of aromatic nitrogens is 3. The highest BCUT2D eigenvalue weighted by Gasteiger charge is 2.38. The summed E-state index contributed by atoms with van der Waals surface area (Å²) in [7, 11) is 0. The molecule has 2 fully saturated rings.